The van der Waals surface area contributed by atoms with E-state index in [1.165, 1.54) is 6.07 Å². The molecule has 0 bridgehead atoms. The third kappa shape index (κ3) is 2.50. The Bertz CT molecular complexity index is 291. The second-order valence-corrected chi connectivity index (χ2v) is 2.55. The molecular weight excluding hydrogens is 172 g/mol. The first-order chi connectivity index (χ1) is 6.13. The van der Waals surface area contributed by atoms with E-state index in [4.69, 9.17) is 26.4 Å². The molecule has 1 rings (SSSR count). The van der Waals surface area contributed by atoms with Crippen LogP contribution in [-0.4, -0.2) is 23.1 Å². The normalized spacial score (nSPS) is 12.5. The smallest absolute Gasteiger partial charge is 0.220 e. The number of hydrogen-bond acceptors (Lipinski definition) is 5. The molecule has 0 aliphatic rings. The molecular formula is C8H12N2O3. The maximum Gasteiger partial charge on any atom is 0.220 e. The second kappa shape index (κ2) is 3.97. The SMILES string of the molecule is Nc1ccc(N)c(OC(O)CO)c1. The third-order valence-electron chi connectivity index (χ3n) is 1.46. The Morgan fingerprint density at radius 3 is 2.69 bits per heavy atom. The van der Waals surface area contributed by atoms with Gasteiger partial charge in [-0.05, 0) is 12.1 Å². The first-order valence-electron chi connectivity index (χ1n) is 3.74. The molecule has 0 fully saturated rings. The van der Waals surface area contributed by atoms with Gasteiger partial charge in [0, 0.05) is 11.8 Å². The average molecular weight is 184 g/mol. The van der Waals surface area contributed by atoms with Gasteiger partial charge in [-0.1, -0.05) is 0 Å². The first kappa shape index (κ1) is 9.63. The maximum absolute atomic E-state index is 8.96. The number of aliphatic hydroxyl groups excluding tert-OH is 2. The van der Waals surface area contributed by atoms with E-state index in [1.807, 2.05) is 0 Å². The van der Waals surface area contributed by atoms with Gasteiger partial charge >= 0.3 is 0 Å². The Kier molecular flexibility index (Phi) is 2.94. The van der Waals surface area contributed by atoms with Crippen LogP contribution in [0.1, 0.15) is 0 Å². The zero-order chi connectivity index (χ0) is 9.84. The van der Waals surface area contributed by atoms with Gasteiger partial charge in [0.05, 0.1) is 5.69 Å². The van der Waals surface area contributed by atoms with Crippen LogP contribution in [-0.2, 0) is 0 Å². The summed E-state index contributed by atoms with van der Waals surface area (Å²) in [4.78, 5) is 0. The Balaban J connectivity index is 2.81. The van der Waals surface area contributed by atoms with E-state index in [9.17, 15) is 0 Å². The fourth-order valence-electron chi connectivity index (χ4n) is 0.837. The van der Waals surface area contributed by atoms with E-state index in [1.54, 1.807) is 12.1 Å². The molecule has 0 saturated carbocycles. The van der Waals surface area contributed by atoms with Gasteiger partial charge in [0.2, 0.25) is 6.29 Å². The highest BCUT2D eigenvalue weighted by Crippen LogP contribution is 2.24. The largest absolute Gasteiger partial charge is 0.460 e. The summed E-state index contributed by atoms with van der Waals surface area (Å²) < 4.78 is 4.88. The minimum Gasteiger partial charge on any atom is -0.460 e. The van der Waals surface area contributed by atoms with Crippen LogP contribution in [0.4, 0.5) is 11.4 Å². The third-order valence-corrected chi connectivity index (χ3v) is 1.46. The highest BCUT2D eigenvalue weighted by Gasteiger charge is 2.06. The fraction of sp³-hybridized carbons (Fsp3) is 0.250. The number of hydrogen-bond donors (Lipinski definition) is 4. The van der Waals surface area contributed by atoms with Crippen LogP contribution in [0.15, 0.2) is 18.2 Å². The molecule has 1 aromatic carbocycles. The number of aliphatic hydroxyl groups is 2. The minimum atomic E-state index is -1.27. The lowest BCUT2D eigenvalue weighted by Gasteiger charge is -2.12. The van der Waals surface area contributed by atoms with Crippen molar-refractivity contribution in [2.75, 3.05) is 18.1 Å². The van der Waals surface area contributed by atoms with Crippen LogP contribution in [0, 0.1) is 0 Å². The predicted molar refractivity (Wildman–Crippen MR) is 49.0 cm³/mol. The molecule has 5 nitrogen and oxygen atoms in total. The van der Waals surface area contributed by atoms with Crippen molar-refractivity contribution in [1.82, 2.24) is 0 Å². The Morgan fingerprint density at radius 1 is 1.38 bits per heavy atom. The lowest BCUT2D eigenvalue weighted by molar-refractivity contribution is -0.0543. The van der Waals surface area contributed by atoms with Crippen molar-refractivity contribution >= 4 is 11.4 Å². The molecule has 0 radical (unpaired) electrons. The summed E-state index contributed by atoms with van der Waals surface area (Å²) in [5.41, 5.74) is 11.8. The van der Waals surface area contributed by atoms with Crippen molar-refractivity contribution in [1.29, 1.82) is 0 Å². The molecule has 1 unspecified atom stereocenters. The zero-order valence-electron chi connectivity index (χ0n) is 6.97. The number of rotatable bonds is 3. The van der Waals surface area contributed by atoms with Crippen LogP contribution >= 0.6 is 0 Å². The molecule has 0 aromatic heterocycles. The van der Waals surface area contributed by atoms with Gasteiger partial charge in [-0.3, -0.25) is 0 Å². The number of anilines is 2. The highest BCUT2D eigenvalue weighted by atomic mass is 16.6. The highest BCUT2D eigenvalue weighted by molar-refractivity contribution is 5.59. The van der Waals surface area contributed by atoms with Crippen molar-refractivity contribution in [2.24, 2.45) is 0 Å². The van der Waals surface area contributed by atoms with E-state index < -0.39 is 12.9 Å². The molecule has 1 aromatic rings. The van der Waals surface area contributed by atoms with Crippen molar-refractivity contribution in [2.45, 2.75) is 6.29 Å². The Labute approximate surface area is 75.5 Å². The summed E-state index contributed by atoms with van der Waals surface area (Å²) in [5.74, 6) is 0.265. The molecule has 0 aliphatic carbocycles. The first-order valence-corrected chi connectivity index (χ1v) is 3.74. The van der Waals surface area contributed by atoms with Gasteiger partial charge in [0.25, 0.3) is 0 Å². The lowest BCUT2D eigenvalue weighted by Crippen LogP contribution is -2.20. The fourth-order valence-corrected chi connectivity index (χ4v) is 0.837. The molecule has 0 saturated heterocycles. The minimum absolute atomic E-state index is 0.265. The molecule has 0 aliphatic heterocycles. The van der Waals surface area contributed by atoms with Crippen molar-refractivity contribution in [3.05, 3.63) is 18.2 Å². The molecule has 0 amide bonds. The lowest BCUT2D eigenvalue weighted by atomic mass is 10.2. The number of nitrogens with two attached hydrogens (primary N) is 2. The molecule has 13 heavy (non-hydrogen) atoms. The van der Waals surface area contributed by atoms with Gasteiger partial charge < -0.3 is 26.4 Å². The van der Waals surface area contributed by atoms with Crippen LogP contribution in [0.3, 0.4) is 0 Å². The van der Waals surface area contributed by atoms with Crippen LogP contribution in [0.25, 0.3) is 0 Å². The quantitative estimate of drug-likeness (QED) is 0.376. The maximum atomic E-state index is 8.96. The molecule has 0 spiro atoms. The van der Waals surface area contributed by atoms with E-state index in [0.717, 1.165) is 0 Å². The second-order valence-electron chi connectivity index (χ2n) is 2.55. The number of benzene rings is 1. The van der Waals surface area contributed by atoms with E-state index in [0.29, 0.717) is 11.4 Å². The summed E-state index contributed by atoms with van der Waals surface area (Å²) in [7, 11) is 0. The molecule has 0 heterocycles. The number of nitrogen functional groups attached to an aromatic ring is 2. The summed E-state index contributed by atoms with van der Waals surface area (Å²) >= 11 is 0. The van der Waals surface area contributed by atoms with Crippen LogP contribution in [0.5, 0.6) is 5.75 Å². The molecule has 6 N–H and O–H groups in total. The number of ether oxygens (including phenoxy) is 1. The monoisotopic (exact) mass is 184 g/mol. The molecule has 5 heteroatoms. The summed E-state index contributed by atoms with van der Waals surface area (Å²) in [6.07, 6.45) is -1.27. The van der Waals surface area contributed by atoms with Gasteiger partial charge in [-0.2, -0.15) is 0 Å². The molecule has 72 valence electrons. The Morgan fingerprint density at radius 2 is 2.08 bits per heavy atom. The van der Waals surface area contributed by atoms with Gasteiger partial charge in [-0.25, -0.2) is 0 Å². The van der Waals surface area contributed by atoms with Gasteiger partial charge in [0.15, 0.2) is 0 Å². The van der Waals surface area contributed by atoms with Gasteiger partial charge in [-0.15, -0.1) is 0 Å². The predicted octanol–water partition coefficient (Wildman–Crippen LogP) is -0.459. The van der Waals surface area contributed by atoms with Crippen molar-refractivity contribution in [3.8, 4) is 5.75 Å². The van der Waals surface area contributed by atoms with Crippen molar-refractivity contribution in [3.63, 3.8) is 0 Å². The van der Waals surface area contributed by atoms with E-state index in [2.05, 4.69) is 0 Å². The summed E-state index contributed by atoms with van der Waals surface area (Å²) in [6, 6.07) is 4.66. The van der Waals surface area contributed by atoms with Crippen LogP contribution < -0.4 is 16.2 Å². The molecule has 1 atom stereocenters. The zero-order valence-corrected chi connectivity index (χ0v) is 6.97. The standard InChI is InChI=1S/C8H12N2O3/c9-5-1-2-6(10)7(3-5)13-8(12)4-11/h1-3,8,11-12H,4,9-10H2. The summed E-state index contributed by atoms with van der Waals surface area (Å²) in [5, 5.41) is 17.5. The van der Waals surface area contributed by atoms with Gasteiger partial charge in [0.1, 0.15) is 12.4 Å². The summed E-state index contributed by atoms with van der Waals surface area (Å²) in [6.45, 7) is -0.492. The van der Waals surface area contributed by atoms with E-state index in [-0.39, 0.29) is 5.75 Å². The Hall–Kier alpha value is -1.46. The van der Waals surface area contributed by atoms with Crippen LogP contribution in [0.2, 0.25) is 0 Å². The average Bonchev–Trinajstić information content (AvgIpc) is 2.11. The van der Waals surface area contributed by atoms with E-state index >= 15 is 0 Å². The topological polar surface area (TPSA) is 102 Å². The van der Waals surface area contributed by atoms with Crippen molar-refractivity contribution < 1.29 is 14.9 Å².